The predicted molar refractivity (Wildman–Crippen MR) is 178 cm³/mol. The third kappa shape index (κ3) is 12.7. The van der Waals surface area contributed by atoms with Crippen LogP contribution in [0.2, 0.25) is 0 Å². The molecule has 48 heavy (non-hydrogen) atoms. The molecule has 0 heterocycles. The molecule has 4 N–H and O–H groups in total. The summed E-state index contributed by atoms with van der Waals surface area (Å²) in [4.78, 5) is 62.3. The van der Waals surface area contributed by atoms with E-state index < -0.39 is 30.0 Å². The number of anilines is 2. The van der Waals surface area contributed by atoms with Gasteiger partial charge in [-0.3, -0.25) is 9.59 Å². The number of carbonyl (C=O) groups excluding carboxylic acids is 5. The highest BCUT2D eigenvalue weighted by Gasteiger charge is 2.15. The van der Waals surface area contributed by atoms with E-state index in [-0.39, 0.29) is 62.7 Å². The molecule has 0 bridgehead atoms. The van der Waals surface area contributed by atoms with E-state index in [9.17, 15) is 24.0 Å². The van der Waals surface area contributed by atoms with Gasteiger partial charge in [0, 0.05) is 37.3 Å². The summed E-state index contributed by atoms with van der Waals surface area (Å²) in [5, 5.41) is 10.4. The van der Waals surface area contributed by atoms with Crippen LogP contribution in [0.15, 0.2) is 109 Å². The van der Waals surface area contributed by atoms with Gasteiger partial charge in [-0.2, -0.15) is 0 Å². The molecule has 4 rings (SSSR count). The van der Waals surface area contributed by atoms with Crippen LogP contribution in [0.5, 0.6) is 0 Å². The van der Waals surface area contributed by atoms with Crippen molar-refractivity contribution < 1.29 is 38.2 Å². The van der Waals surface area contributed by atoms with E-state index in [1.807, 2.05) is 91.0 Å². The summed E-state index contributed by atoms with van der Waals surface area (Å²) < 4.78 is 15.7. The van der Waals surface area contributed by atoms with Crippen LogP contribution < -0.4 is 21.3 Å². The fourth-order valence-electron chi connectivity index (χ4n) is 4.25. The van der Waals surface area contributed by atoms with Crippen LogP contribution in [0, 0.1) is 0 Å². The van der Waals surface area contributed by atoms with E-state index in [0.29, 0.717) is 0 Å². The molecule has 4 aromatic carbocycles. The second-order valence-corrected chi connectivity index (χ2v) is 10.4. The van der Waals surface area contributed by atoms with Crippen molar-refractivity contribution in [3.63, 3.8) is 0 Å². The van der Waals surface area contributed by atoms with E-state index in [1.54, 1.807) is 0 Å². The lowest BCUT2D eigenvalue weighted by Gasteiger charge is -2.13. The van der Waals surface area contributed by atoms with Gasteiger partial charge in [-0.25, -0.2) is 14.4 Å². The Kier molecular flexibility index (Phi) is 13.5. The molecule has 12 heteroatoms. The van der Waals surface area contributed by atoms with Crippen molar-refractivity contribution in [1.29, 1.82) is 0 Å². The Morgan fingerprint density at radius 2 is 0.854 bits per heavy atom. The molecule has 0 aromatic heterocycles. The molecular formula is C36H36N4O8. The lowest BCUT2D eigenvalue weighted by atomic mass is 10.1. The Hall–Kier alpha value is -6.17. The van der Waals surface area contributed by atoms with Gasteiger partial charge in [0.15, 0.2) is 0 Å². The van der Waals surface area contributed by atoms with Crippen molar-refractivity contribution >= 4 is 41.3 Å². The predicted octanol–water partition coefficient (Wildman–Crippen LogP) is 5.55. The van der Waals surface area contributed by atoms with Crippen molar-refractivity contribution in [1.82, 2.24) is 10.6 Å². The number of esters is 1. The van der Waals surface area contributed by atoms with Gasteiger partial charge in [-0.05, 0) is 34.9 Å². The summed E-state index contributed by atoms with van der Waals surface area (Å²) in [5.74, 6) is -1.58. The van der Waals surface area contributed by atoms with E-state index >= 15 is 0 Å². The van der Waals surface area contributed by atoms with Gasteiger partial charge in [-0.1, -0.05) is 91.0 Å². The second kappa shape index (κ2) is 18.7. The molecule has 248 valence electrons. The molecule has 4 aromatic rings. The fourth-order valence-corrected chi connectivity index (χ4v) is 4.25. The number of amides is 4. The Bertz CT molecular complexity index is 1570. The van der Waals surface area contributed by atoms with E-state index in [1.165, 1.54) is 18.2 Å². The molecule has 0 radical (unpaired) electrons. The average molecular weight is 653 g/mol. The maximum Gasteiger partial charge on any atom is 0.407 e. The van der Waals surface area contributed by atoms with Gasteiger partial charge in [0.1, 0.15) is 19.8 Å². The number of hydrogen-bond donors (Lipinski definition) is 4. The van der Waals surface area contributed by atoms with Crippen LogP contribution in [0.1, 0.15) is 39.9 Å². The standard InChI is InChI=1S/C36H36N4O8/c41-32(16-18-37-35(44)47-24-27-12-6-2-7-13-27)39-30-20-29(34(43)46-23-26-10-4-1-5-11-26)21-31(22-30)40-33(42)17-19-38-36(45)48-25-28-14-8-3-9-15-28/h1-15,20-22H,16-19,23-25H2,(H,37,44)(H,38,45)(H,39,41)(H,40,42). The molecule has 0 unspecified atom stereocenters. The third-order valence-electron chi connectivity index (χ3n) is 6.62. The van der Waals surface area contributed by atoms with Crippen molar-refractivity contribution in [2.75, 3.05) is 23.7 Å². The molecule has 0 aliphatic carbocycles. The number of benzene rings is 4. The Labute approximate surface area is 277 Å². The molecule has 0 aliphatic heterocycles. The zero-order chi connectivity index (χ0) is 34.0. The first kappa shape index (κ1) is 34.7. The summed E-state index contributed by atoms with van der Waals surface area (Å²) in [6, 6.07) is 31.8. The highest BCUT2D eigenvalue weighted by Crippen LogP contribution is 2.21. The zero-order valence-corrected chi connectivity index (χ0v) is 26.1. The van der Waals surface area contributed by atoms with Crippen LogP contribution in [0.25, 0.3) is 0 Å². The monoisotopic (exact) mass is 652 g/mol. The molecule has 0 saturated heterocycles. The van der Waals surface area contributed by atoms with Crippen LogP contribution in [0.3, 0.4) is 0 Å². The van der Waals surface area contributed by atoms with E-state index in [4.69, 9.17) is 14.2 Å². The van der Waals surface area contributed by atoms with Crippen molar-refractivity contribution in [2.45, 2.75) is 32.7 Å². The summed E-state index contributed by atoms with van der Waals surface area (Å²) >= 11 is 0. The minimum atomic E-state index is -0.670. The smallest absolute Gasteiger partial charge is 0.407 e. The Balaban J connectivity index is 1.30. The summed E-state index contributed by atoms with van der Waals surface area (Å²) in [6.45, 7) is 0.213. The first-order valence-corrected chi connectivity index (χ1v) is 15.2. The summed E-state index contributed by atoms with van der Waals surface area (Å²) in [6.07, 6.45) is -1.51. The average Bonchev–Trinajstić information content (AvgIpc) is 3.10. The third-order valence-corrected chi connectivity index (χ3v) is 6.62. The normalized spacial score (nSPS) is 10.2. The topological polar surface area (TPSA) is 161 Å². The molecule has 0 saturated carbocycles. The maximum atomic E-state index is 12.9. The fraction of sp³-hybridized carbons (Fsp3) is 0.194. The number of alkyl carbamates (subject to hydrolysis) is 2. The van der Waals surface area contributed by atoms with E-state index in [2.05, 4.69) is 21.3 Å². The van der Waals surface area contributed by atoms with Gasteiger partial charge in [0.2, 0.25) is 11.8 Å². The summed E-state index contributed by atoms with van der Waals surface area (Å²) in [5.41, 5.74) is 2.97. The quantitative estimate of drug-likeness (QED) is 0.0960. The Morgan fingerprint density at radius 3 is 1.25 bits per heavy atom. The summed E-state index contributed by atoms with van der Waals surface area (Å²) in [7, 11) is 0. The zero-order valence-electron chi connectivity index (χ0n) is 26.1. The number of nitrogens with one attached hydrogen (secondary N) is 4. The number of carbonyl (C=O) groups is 5. The molecular weight excluding hydrogens is 616 g/mol. The van der Waals surface area contributed by atoms with Gasteiger partial charge < -0.3 is 35.5 Å². The van der Waals surface area contributed by atoms with Crippen LogP contribution >= 0.6 is 0 Å². The van der Waals surface area contributed by atoms with Gasteiger partial charge in [0.25, 0.3) is 0 Å². The van der Waals surface area contributed by atoms with E-state index in [0.717, 1.165) is 16.7 Å². The van der Waals surface area contributed by atoms with Crippen LogP contribution in [-0.2, 0) is 43.6 Å². The second-order valence-electron chi connectivity index (χ2n) is 10.4. The van der Waals surface area contributed by atoms with Crippen LogP contribution in [-0.4, -0.2) is 43.1 Å². The molecule has 12 nitrogen and oxygen atoms in total. The Morgan fingerprint density at radius 1 is 0.479 bits per heavy atom. The van der Waals surface area contributed by atoms with Crippen molar-refractivity contribution in [3.8, 4) is 0 Å². The van der Waals surface area contributed by atoms with Gasteiger partial charge in [0.05, 0.1) is 5.56 Å². The van der Waals surface area contributed by atoms with Gasteiger partial charge in [-0.15, -0.1) is 0 Å². The highest BCUT2D eigenvalue weighted by atomic mass is 16.6. The molecule has 4 amide bonds. The van der Waals surface area contributed by atoms with Crippen molar-refractivity contribution in [3.05, 3.63) is 131 Å². The first-order valence-electron chi connectivity index (χ1n) is 15.2. The SMILES string of the molecule is O=C(CCNC(=O)OCc1ccccc1)Nc1cc(NC(=O)CCNC(=O)OCc2ccccc2)cc(C(=O)OCc2ccccc2)c1. The van der Waals surface area contributed by atoms with Gasteiger partial charge >= 0.3 is 18.2 Å². The molecule has 0 fully saturated rings. The largest absolute Gasteiger partial charge is 0.457 e. The molecule has 0 spiro atoms. The lowest BCUT2D eigenvalue weighted by molar-refractivity contribution is -0.116. The molecule has 0 aliphatic rings. The van der Waals surface area contributed by atoms with Crippen LogP contribution in [0.4, 0.5) is 21.0 Å². The number of rotatable bonds is 15. The minimum Gasteiger partial charge on any atom is -0.457 e. The lowest BCUT2D eigenvalue weighted by Crippen LogP contribution is -2.28. The highest BCUT2D eigenvalue weighted by molar-refractivity contribution is 5.98. The minimum absolute atomic E-state index is 0.00262. The number of ether oxygens (including phenoxy) is 3. The van der Waals surface area contributed by atoms with Crippen molar-refractivity contribution in [2.24, 2.45) is 0 Å². The molecule has 0 atom stereocenters. The number of hydrogen-bond acceptors (Lipinski definition) is 8. The first-order chi connectivity index (χ1) is 23.3. The maximum absolute atomic E-state index is 12.9.